The van der Waals surface area contributed by atoms with Crippen LogP contribution in [0.5, 0.6) is 11.5 Å². The molecule has 35 heavy (non-hydrogen) atoms. The summed E-state index contributed by atoms with van der Waals surface area (Å²) in [6.07, 6.45) is 0. The first kappa shape index (κ1) is 24.0. The van der Waals surface area contributed by atoms with E-state index in [1.165, 1.54) is 25.1 Å². The Morgan fingerprint density at radius 2 is 1.71 bits per heavy atom. The molecular formula is C23H18ClF2N5O4. The molecule has 0 saturated carbocycles. The second kappa shape index (κ2) is 8.91. The minimum atomic E-state index is -3.74. The minimum absolute atomic E-state index is 0.0108. The number of carbonyl (C=O) groups is 1. The van der Waals surface area contributed by atoms with E-state index in [0.717, 1.165) is 27.8 Å². The third kappa shape index (κ3) is 5.35. The monoisotopic (exact) mass is 501 g/mol. The topological polar surface area (TPSA) is 112 Å². The number of hydrogen-bond acceptors (Lipinski definition) is 6. The molecule has 0 aliphatic heterocycles. The zero-order valence-corrected chi connectivity index (χ0v) is 19.4. The molecule has 1 N–H and O–H groups in total. The fourth-order valence-electron chi connectivity index (χ4n) is 3.56. The van der Waals surface area contributed by atoms with Crippen LogP contribution in [0, 0.1) is 30.9 Å². The number of halogens is 3. The predicted octanol–water partition coefficient (Wildman–Crippen LogP) is 5.90. The molecule has 4 rings (SSSR count). The van der Waals surface area contributed by atoms with Gasteiger partial charge in [0.2, 0.25) is 0 Å². The Labute approximate surface area is 202 Å². The lowest BCUT2D eigenvalue weighted by atomic mass is 10.1. The van der Waals surface area contributed by atoms with Crippen LogP contribution < -0.4 is 10.1 Å². The molecule has 0 atom stereocenters. The molecule has 2 heterocycles. The number of carbonyl (C=O) groups excluding carboxylic acids is 1. The molecule has 0 spiro atoms. The molecule has 4 aromatic rings. The molecule has 0 aliphatic rings. The Kier molecular flexibility index (Phi) is 6.12. The first-order valence-electron chi connectivity index (χ1n) is 10.2. The summed E-state index contributed by atoms with van der Waals surface area (Å²) >= 11 is 5.18. The second-order valence-corrected chi connectivity index (χ2v) is 8.41. The van der Waals surface area contributed by atoms with Gasteiger partial charge in [0.25, 0.3) is 11.6 Å². The molecule has 2 aromatic heterocycles. The van der Waals surface area contributed by atoms with Gasteiger partial charge in [-0.15, -0.1) is 0 Å². The summed E-state index contributed by atoms with van der Waals surface area (Å²) < 4.78 is 34.2. The largest absolute Gasteiger partial charge is 0.457 e. The highest BCUT2D eigenvalue weighted by Gasteiger charge is 2.32. The third-order valence-electron chi connectivity index (χ3n) is 4.87. The maximum absolute atomic E-state index is 13.8. The van der Waals surface area contributed by atoms with Gasteiger partial charge >= 0.3 is 5.38 Å². The van der Waals surface area contributed by atoms with E-state index in [1.807, 2.05) is 19.9 Å². The Bertz CT molecular complexity index is 1460. The van der Waals surface area contributed by atoms with E-state index in [9.17, 15) is 23.7 Å². The summed E-state index contributed by atoms with van der Waals surface area (Å²) in [6, 6.07) is 11.5. The van der Waals surface area contributed by atoms with Crippen LogP contribution in [0.3, 0.4) is 0 Å². The fraction of sp³-hybridized carbons (Fsp3) is 0.174. The first-order valence-corrected chi connectivity index (χ1v) is 10.6. The van der Waals surface area contributed by atoms with Crippen molar-refractivity contribution in [3.8, 4) is 11.5 Å². The average Bonchev–Trinajstić information content (AvgIpc) is 3.15. The van der Waals surface area contributed by atoms with Crippen LogP contribution in [-0.4, -0.2) is 25.4 Å². The molecule has 9 nitrogen and oxygen atoms in total. The van der Waals surface area contributed by atoms with Gasteiger partial charge in [0, 0.05) is 23.9 Å². The number of hydrogen-bond donors (Lipinski definition) is 1. The lowest BCUT2D eigenvalue weighted by molar-refractivity contribution is -0.384. The minimum Gasteiger partial charge on any atom is -0.457 e. The molecule has 0 saturated heterocycles. The summed E-state index contributed by atoms with van der Waals surface area (Å²) in [5.74, 6) is -0.206. The van der Waals surface area contributed by atoms with Crippen LogP contribution in [0.25, 0.3) is 5.65 Å². The average molecular weight is 502 g/mol. The van der Waals surface area contributed by atoms with Gasteiger partial charge in [-0.3, -0.25) is 14.9 Å². The Morgan fingerprint density at radius 1 is 1.06 bits per heavy atom. The van der Waals surface area contributed by atoms with Crippen molar-refractivity contribution >= 4 is 34.5 Å². The lowest BCUT2D eigenvalue weighted by Crippen LogP contribution is -2.15. The van der Waals surface area contributed by atoms with Crippen molar-refractivity contribution in [1.82, 2.24) is 14.6 Å². The number of ether oxygens (including phenoxy) is 1. The van der Waals surface area contributed by atoms with E-state index in [4.69, 9.17) is 16.3 Å². The van der Waals surface area contributed by atoms with Crippen molar-refractivity contribution in [3.63, 3.8) is 0 Å². The fourth-order valence-corrected chi connectivity index (χ4v) is 3.69. The summed E-state index contributed by atoms with van der Waals surface area (Å²) in [5, 5.41) is 14.1. The molecule has 2 aromatic carbocycles. The summed E-state index contributed by atoms with van der Waals surface area (Å²) in [6.45, 7) is 5.27. The van der Waals surface area contributed by atoms with E-state index in [-0.39, 0.29) is 34.2 Å². The zero-order chi connectivity index (χ0) is 25.5. The summed E-state index contributed by atoms with van der Waals surface area (Å²) in [4.78, 5) is 27.7. The molecule has 0 radical (unpaired) electrons. The van der Waals surface area contributed by atoms with Crippen molar-refractivity contribution in [3.05, 3.63) is 86.9 Å². The van der Waals surface area contributed by atoms with Gasteiger partial charge in [-0.05, 0) is 61.7 Å². The number of alkyl halides is 3. The number of benzene rings is 2. The van der Waals surface area contributed by atoms with Crippen LogP contribution in [0.15, 0.2) is 48.5 Å². The van der Waals surface area contributed by atoms with Crippen LogP contribution in [0.4, 0.5) is 20.2 Å². The maximum atomic E-state index is 13.8. The number of non-ortho nitro benzene ring substituents is 1. The number of fused-ring (bicyclic) bond motifs is 1. The number of anilines is 1. The molecule has 0 fully saturated rings. The van der Waals surface area contributed by atoms with E-state index in [2.05, 4.69) is 15.4 Å². The highest BCUT2D eigenvalue weighted by atomic mass is 35.5. The second-order valence-electron chi connectivity index (χ2n) is 7.93. The molecule has 1 amide bonds. The van der Waals surface area contributed by atoms with Crippen molar-refractivity contribution in [2.24, 2.45) is 0 Å². The van der Waals surface area contributed by atoms with Crippen LogP contribution in [0.2, 0.25) is 0 Å². The number of amides is 1. The van der Waals surface area contributed by atoms with Crippen molar-refractivity contribution in [2.45, 2.75) is 26.2 Å². The third-order valence-corrected chi connectivity index (χ3v) is 5.06. The highest BCUT2D eigenvalue weighted by Crippen LogP contribution is 2.33. The number of rotatable bonds is 6. The van der Waals surface area contributed by atoms with Crippen LogP contribution in [0.1, 0.15) is 33.0 Å². The quantitative estimate of drug-likeness (QED) is 0.200. The van der Waals surface area contributed by atoms with Crippen molar-refractivity contribution < 1.29 is 23.2 Å². The maximum Gasteiger partial charge on any atom is 0.364 e. The summed E-state index contributed by atoms with van der Waals surface area (Å²) in [5.41, 5.74) is 0.961. The molecule has 0 aliphatic carbocycles. The Morgan fingerprint density at radius 3 is 2.34 bits per heavy atom. The van der Waals surface area contributed by atoms with Gasteiger partial charge < -0.3 is 10.1 Å². The van der Waals surface area contributed by atoms with E-state index in [1.54, 1.807) is 12.1 Å². The van der Waals surface area contributed by atoms with Crippen molar-refractivity contribution in [1.29, 1.82) is 0 Å². The summed E-state index contributed by atoms with van der Waals surface area (Å²) in [7, 11) is 0. The Balaban J connectivity index is 1.67. The van der Waals surface area contributed by atoms with Gasteiger partial charge in [-0.1, -0.05) is 6.07 Å². The molecular weight excluding hydrogens is 484 g/mol. The predicted molar refractivity (Wildman–Crippen MR) is 125 cm³/mol. The van der Waals surface area contributed by atoms with Crippen LogP contribution in [-0.2, 0) is 5.38 Å². The van der Waals surface area contributed by atoms with Gasteiger partial charge in [-0.2, -0.15) is 13.9 Å². The van der Waals surface area contributed by atoms with E-state index >= 15 is 0 Å². The molecule has 180 valence electrons. The number of nitrogens with one attached hydrogen (secondary N) is 1. The number of nitro benzene ring substituents is 1. The number of nitrogens with zero attached hydrogens (tertiary/aromatic N) is 4. The zero-order valence-electron chi connectivity index (χ0n) is 18.7. The van der Waals surface area contributed by atoms with Crippen LogP contribution >= 0.6 is 11.6 Å². The first-order chi connectivity index (χ1) is 16.4. The van der Waals surface area contributed by atoms with Gasteiger partial charge in [0.1, 0.15) is 17.2 Å². The number of aryl methyl sites for hydroxylation is 3. The van der Waals surface area contributed by atoms with Gasteiger partial charge in [0.15, 0.2) is 11.3 Å². The molecule has 0 bridgehead atoms. The Hall–Kier alpha value is -4.12. The standard InChI is InChI=1S/C23H18ClF2N5O4/c1-12-4-13(2)6-17(5-12)35-18-9-15(8-16(10-18)31(33)34)28-22(32)19-11-21-27-14(3)7-20(23(24,25)26)30(21)29-19/h4-11H,1-3H3,(H,28,32). The SMILES string of the molecule is Cc1cc(C)cc(Oc2cc(NC(=O)c3cc4nc(C)cc(C(F)(F)Cl)n4n3)cc([N+](=O)[O-])c2)c1. The normalized spacial score (nSPS) is 11.5. The smallest absolute Gasteiger partial charge is 0.364 e. The van der Waals surface area contributed by atoms with E-state index in [0.29, 0.717) is 5.75 Å². The van der Waals surface area contributed by atoms with Gasteiger partial charge in [0.05, 0.1) is 16.7 Å². The van der Waals surface area contributed by atoms with Crippen molar-refractivity contribution in [2.75, 3.05) is 5.32 Å². The lowest BCUT2D eigenvalue weighted by Gasteiger charge is -2.11. The number of aromatic nitrogens is 3. The van der Waals surface area contributed by atoms with E-state index < -0.39 is 21.9 Å². The van der Waals surface area contributed by atoms with Gasteiger partial charge in [-0.25, -0.2) is 9.50 Å². The molecule has 12 heteroatoms. The molecule has 0 unspecified atom stereocenters. The number of nitro groups is 1. The highest BCUT2D eigenvalue weighted by molar-refractivity contribution is 6.21.